The summed E-state index contributed by atoms with van der Waals surface area (Å²) in [5.41, 5.74) is 1.34. The van der Waals surface area contributed by atoms with Crippen LogP contribution in [0.25, 0.3) is 0 Å². The van der Waals surface area contributed by atoms with E-state index in [4.69, 9.17) is 4.74 Å². The van der Waals surface area contributed by atoms with Gasteiger partial charge in [0.25, 0.3) is 5.91 Å². The van der Waals surface area contributed by atoms with E-state index in [1.165, 1.54) is 11.4 Å². The van der Waals surface area contributed by atoms with Crippen molar-refractivity contribution in [2.24, 2.45) is 5.92 Å². The van der Waals surface area contributed by atoms with Crippen LogP contribution in [0.5, 0.6) is 5.75 Å². The molecule has 2 bridgehead atoms. The minimum absolute atomic E-state index is 0.172. The third kappa shape index (κ3) is 2.41. The maximum atomic E-state index is 12.7. The summed E-state index contributed by atoms with van der Waals surface area (Å²) >= 11 is 0. The number of nitrogens with zero attached hydrogens (tertiary/aromatic N) is 2. The molecule has 3 aliphatic heterocycles. The second kappa shape index (κ2) is 5.81. The van der Waals surface area contributed by atoms with Crippen LogP contribution in [0.1, 0.15) is 48.0 Å². The van der Waals surface area contributed by atoms with Crippen LogP contribution in [0, 0.1) is 5.92 Å². The average molecular weight is 355 g/mol. The average Bonchev–Trinajstić information content (AvgIpc) is 3.30. The fraction of sp³-hybridized carbons (Fsp3) is 0.526. The zero-order valence-corrected chi connectivity index (χ0v) is 14.4. The molecular weight excluding hydrogens is 334 g/mol. The first-order valence-electron chi connectivity index (χ1n) is 9.30. The fourth-order valence-corrected chi connectivity index (χ4v) is 4.63. The quantitative estimate of drug-likeness (QED) is 0.825. The maximum absolute atomic E-state index is 12.7. The minimum Gasteiger partial charge on any atom is -0.489 e. The molecule has 7 nitrogen and oxygen atoms in total. The lowest BCUT2D eigenvalue weighted by Gasteiger charge is -2.32. The molecular formula is C19H21N3O4. The van der Waals surface area contributed by atoms with Crippen molar-refractivity contribution in [3.05, 3.63) is 29.3 Å². The molecule has 2 saturated heterocycles. The number of ether oxygens (including phenoxy) is 1. The van der Waals surface area contributed by atoms with Gasteiger partial charge in [0.15, 0.2) is 0 Å². The van der Waals surface area contributed by atoms with E-state index in [1.807, 2.05) is 12.1 Å². The number of rotatable bonds is 3. The van der Waals surface area contributed by atoms with Crippen molar-refractivity contribution >= 4 is 17.7 Å². The number of benzene rings is 1. The van der Waals surface area contributed by atoms with E-state index in [-0.39, 0.29) is 30.4 Å². The second-order valence-corrected chi connectivity index (χ2v) is 7.64. The highest BCUT2D eigenvalue weighted by molar-refractivity contribution is 6.04. The van der Waals surface area contributed by atoms with Crippen molar-refractivity contribution < 1.29 is 19.1 Å². The molecule has 136 valence electrons. The lowest BCUT2D eigenvalue weighted by molar-refractivity contribution is -0.163. The molecule has 5 rings (SSSR count). The smallest absolute Gasteiger partial charge is 0.273 e. The highest BCUT2D eigenvalue weighted by atomic mass is 16.5. The van der Waals surface area contributed by atoms with E-state index < -0.39 is 0 Å². The molecule has 1 saturated carbocycles. The van der Waals surface area contributed by atoms with Crippen LogP contribution in [-0.4, -0.2) is 46.4 Å². The summed E-state index contributed by atoms with van der Waals surface area (Å²) in [6, 6.07) is 5.84. The van der Waals surface area contributed by atoms with Crippen LogP contribution < -0.4 is 10.1 Å². The van der Waals surface area contributed by atoms with Crippen molar-refractivity contribution in [3.63, 3.8) is 0 Å². The van der Waals surface area contributed by atoms with E-state index in [2.05, 4.69) is 5.32 Å². The van der Waals surface area contributed by atoms with Crippen molar-refractivity contribution in [2.75, 3.05) is 6.54 Å². The Morgan fingerprint density at radius 1 is 1.08 bits per heavy atom. The molecule has 3 unspecified atom stereocenters. The van der Waals surface area contributed by atoms with Crippen LogP contribution in [0.4, 0.5) is 0 Å². The molecule has 3 fully saturated rings. The predicted octanol–water partition coefficient (Wildman–Crippen LogP) is 1.23. The molecule has 3 amide bonds. The third-order valence-electron chi connectivity index (χ3n) is 5.91. The lowest BCUT2D eigenvalue weighted by Crippen LogP contribution is -2.51. The summed E-state index contributed by atoms with van der Waals surface area (Å²) < 4.78 is 6.15. The van der Waals surface area contributed by atoms with Crippen molar-refractivity contribution in [2.45, 2.75) is 50.8 Å². The Kier molecular flexibility index (Phi) is 3.53. The summed E-state index contributed by atoms with van der Waals surface area (Å²) in [5, 5.41) is 5.79. The van der Waals surface area contributed by atoms with Gasteiger partial charge in [-0.1, -0.05) is 0 Å². The summed E-state index contributed by atoms with van der Waals surface area (Å²) in [7, 11) is 0. The van der Waals surface area contributed by atoms with Crippen LogP contribution in [-0.2, 0) is 16.1 Å². The van der Waals surface area contributed by atoms with Crippen molar-refractivity contribution in [3.8, 4) is 5.75 Å². The normalized spacial score (nSPS) is 30.3. The molecule has 1 N–H and O–H groups in total. The Labute approximate surface area is 151 Å². The second-order valence-electron chi connectivity index (χ2n) is 7.64. The molecule has 1 aromatic carbocycles. The largest absolute Gasteiger partial charge is 0.489 e. The number of piperidine rings is 2. The summed E-state index contributed by atoms with van der Waals surface area (Å²) in [4.78, 5) is 37.0. The topological polar surface area (TPSA) is 79.0 Å². The number of hydrogen-bond acceptors (Lipinski definition) is 5. The van der Waals surface area contributed by atoms with Gasteiger partial charge < -0.3 is 10.1 Å². The number of carbonyl (C=O) groups excluding carboxylic acids is 3. The molecule has 4 aliphatic rings. The van der Waals surface area contributed by atoms with Crippen LogP contribution in [0.3, 0.4) is 0 Å². The molecule has 0 radical (unpaired) electrons. The van der Waals surface area contributed by atoms with Gasteiger partial charge in [-0.2, -0.15) is 5.01 Å². The van der Waals surface area contributed by atoms with E-state index in [1.54, 1.807) is 6.07 Å². The number of amides is 3. The molecule has 0 spiro atoms. The van der Waals surface area contributed by atoms with Gasteiger partial charge in [-0.3, -0.25) is 14.4 Å². The summed E-state index contributed by atoms with van der Waals surface area (Å²) in [5.74, 6) is 0.553. The number of carbonyl (C=O) groups is 3. The van der Waals surface area contributed by atoms with Gasteiger partial charge >= 0.3 is 0 Å². The molecule has 3 heterocycles. The highest BCUT2D eigenvalue weighted by Gasteiger charge is 2.42. The zero-order valence-electron chi connectivity index (χ0n) is 14.4. The monoisotopic (exact) mass is 355 g/mol. The fourth-order valence-electron chi connectivity index (χ4n) is 4.63. The van der Waals surface area contributed by atoms with E-state index in [9.17, 15) is 14.4 Å². The minimum atomic E-state index is -0.299. The first-order chi connectivity index (χ1) is 12.6. The number of fused-ring (bicyclic) bond motifs is 3. The number of hydrazine groups is 1. The Balaban J connectivity index is 1.35. The third-order valence-corrected chi connectivity index (χ3v) is 5.91. The van der Waals surface area contributed by atoms with Crippen LogP contribution in [0.15, 0.2) is 18.2 Å². The van der Waals surface area contributed by atoms with Gasteiger partial charge in [-0.25, -0.2) is 5.01 Å². The van der Waals surface area contributed by atoms with E-state index >= 15 is 0 Å². The first kappa shape index (κ1) is 15.8. The van der Waals surface area contributed by atoms with E-state index in [0.29, 0.717) is 36.8 Å². The molecule has 0 aromatic heterocycles. The molecule has 1 aliphatic carbocycles. The lowest BCUT2D eigenvalue weighted by atomic mass is 10.1. The maximum Gasteiger partial charge on any atom is 0.273 e. The van der Waals surface area contributed by atoms with Gasteiger partial charge in [0.2, 0.25) is 11.8 Å². The number of hydrogen-bond donors (Lipinski definition) is 1. The Morgan fingerprint density at radius 3 is 2.58 bits per heavy atom. The highest BCUT2D eigenvalue weighted by Crippen LogP contribution is 2.35. The molecule has 26 heavy (non-hydrogen) atoms. The zero-order chi connectivity index (χ0) is 17.8. The van der Waals surface area contributed by atoms with Gasteiger partial charge in [-0.05, 0) is 55.5 Å². The molecule has 7 heteroatoms. The molecule has 3 atom stereocenters. The SMILES string of the molecule is O=C1c2ccc(OC3CC4CNC3C4)cc2CN1N1C(=O)CCCC1=O. The number of imide groups is 1. The Hall–Kier alpha value is -2.41. The van der Waals surface area contributed by atoms with Crippen LogP contribution in [0.2, 0.25) is 0 Å². The first-order valence-corrected chi connectivity index (χ1v) is 9.30. The summed E-state index contributed by atoms with van der Waals surface area (Å²) in [6.07, 6.45) is 3.57. The van der Waals surface area contributed by atoms with Gasteiger partial charge in [0, 0.05) is 24.4 Å². The molecule has 1 aromatic rings. The van der Waals surface area contributed by atoms with Crippen molar-refractivity contribution in [1.82, 2.24) is 15.3 Å². The number of nitrogens with one attached hydrogen (secondary N) is 1. The van der Waals surface area contributed by atoms with Crippen LogP contribution >= 0.6 is 0 Å². The van der Waals surface area contributed by atoms with Crippen molar-refractivity contribution in [1.29, 1.82) is 0 Å². The Bertz CT molecular complexity index is 792. The van der Waals surface area contributed by atoms with Gasteiger partial charge in [-0.15, -0.1) is 0 Å². The predicted molar refractivity (Wildman–Crippen MR) is 91.0 cm³/mol. The van der Waals surface area contributed by atoms with Gasteiger partial charge in [0.05, 0.1) is 6.54 Å². The Morgan fingerprint density at radius 2 is 1.88 bits per heavy atom. The van der Waals surface area contributed by atoms with E-state index in [0.717, 1.165) is 29.3 Å². The summed E-state index contributed by atoms with van der Waals surface area (Å²) in [6.45, 7) is 1.31. The van der Waals surface area contributed by atoms with Gasteiger partial charge in [0.1, 0.15) is 11.9 Å². The standard InChI is InChI=1S/C19H21N3O4/c23-17-2-1-3-18(24)22(17)21-10-12-8-13(4-5-14(12)19(21)25)26-16-7-11-6-15(16)20-9-11/h4-5,8,11,15-16,20H,1-3,6-7,9-10H2.